The molecule has 0 unspecified atom stereocenters. The number of amides is 1. The third kappa shape index (κ3) is 4.60. The lowest BCUT2D eigenvalue weighted by Crippen LogP contribution is -2.58. The Hall–Kier alpha value is -0.340. The molecule has 0 bridgehead atoms. The minimum Gasteiger partial charge on any atom is -0.379 e. The molecule has 1 amide bonds. The topological polar surface area (TPSA) is 45.3 Å². The van der Waals surface area contributed by atoms with Crippen LogP contribution >= 0.6 is 12.6 Å². The Balaban J connectivity index is 1.49. The van der Waals surface area contributed by atoms with Gasteiger partial charge in [-0.2, -0.15) is 12.6 Å². The summed E-state index contributed by atoms with van der Waals surface area (Å²) in [6.45, 7) is 9.46. The molecule has 6 nitrogen and oxygen atoms in total. The van der Waals surface area contributed by atoms with Crippen LogP contribution in [0, 0.1) is 0 Å². The highest BCUT2D eigenvalue weighted by molar-refractivity contribution is 7.81. The van der Waals surface area contributed by atoms with Crippen molar-refractivity contribution in [2.45, 2.75) is 24.9 Å². The molecule has 0 saturated carbocycles. The molecule has 0 N–H and O–H groups in total. The maximum atomic E-state index is 11.8. The van der Waals surface area contributed by atoms with E-state index in [4.69, 9.17) is 9.47 Å². The number of rotatable bonds is 6. The summed E-state index contributed by atoms with van der Waals surface area (Å²) < 4.78 is 10.9. The molecule has 7 heteroatoms. The normalized spacial score (nSPS) is 24.9. The number of carbonyl (C=O) groups is 1. The first-order valence-corrected chi connectivity index (χ1v) is 9.43. The maximum absolute atomic E-state index is 11.8. The molecular formula is C16H29N3O3S. The number of likely N-dealkylation sites (tertiary alicyclic amines) is 1. The van der Waals surface area contributed by atoms with Crippen molar-refractivity contribution >= 4 is 18.5 Å². The summed E-state index contributed by atoms with van der Waals surface area (Å²) >= 11 is 4.10. The molecule has 23 heavy (non-hydrogen) atoms. The molecule has 0 aromatic rings. The van der Waals surface area contributed by atoms with Gasteiger partial charge < -0.3 is 14.4 Å². The van der Waals surface area contributed by atoms with E-state index in [0.29, 0.717) is 17.8 Å². The number of carbonyl (C=O) groups excluding carboxylic acids is 1. The van der Waals surface area contributed by atoms with E-state index in [2.05, 4.69) is 22.4 Å². The number of nitrogens with zero attached hydrogens (tertiary/aromatic N) is 3. The minimum atomic E-state index is 0.165. The van der Waals surface area contributed by atoms with Gasteiger partial charge in [0.05, 0.1) is 38.2 Å². The van der Waals surface area contributed by atoms with Gasteiger partial charge in [-0.15, -0.1) is 0 Å². The first-order valence-electron chi connectivity index (χ1n) is 8.80. The average Bonchev–Trinajstić information content (AvgIpc) is 2.57. The summed E-state index contributed by atoms with van der Waals surface area (Å²) in [5, 5.41) is 0. The van der Waals surface area contributed by atoms with Crippen LogP contribution < -0.4 is 0 Å². The van der Waals surface area contributed by atoms with Crippen molar-refractivity contribution in [3.63, 3.8) is 0 Å². The van der Waals surface area contributed by atoms with Crippen LogP contribution in [0.1, 0.15) is 12.8 Å². The molecule has 3 rings (SSSR count). The molecule has 3 fully saturated rings. The summed E-state index contributed by atoms with van der Waals surface area (Å²) in [6, 6.07) is 1.14. The molecular weight excluding hydrogens is 314 g/mol. The third-order valence-corrected chi connectivity index (χ3v) is 5.56. The van der Waals surface area contributed by atoms with Crippen LogP contribution in [0.25, 0.3) is 0 Å². The highest BCUT2D eigenvalue weighted by Crippen LogP contribution is 2.22. The first kappa shape index (κ1) is 17.5. The molecule has 0 spiro atoms. The highest BCUT2D eigenvalue weighted by atomic mass is 32.1. The quantitative estimate of drug-likeness (QED) is 0.685. The number of thiol groups is 1. The zero-order valence-corrected chi connectivity index (χ0v) is 14.8. The monoisotopic (exact) mass is 343 g/mol. The van der Waals surface area contributed by atoms with E-state index in [0.717, 1.165) is 78.5 Å². The summed E-state index contributed by atoms with van der Waals surface area (Å²) in [5.41, 5.74) is 0. The molecule has 0 radical (unpaired) electrons. The van der Waals surface area contributed by atoms with Gasteiger partial charge in [-0.05, 0) is 12.8 Å². The molecule has 0 atom stereocenters. The fourth-order valence-electron chi connectivity index (χ4n) is 3.71. The molecule has 3 aliphatic heterocycles. The van der Waals surface area contributed by atoms with E-state index >= 15 is 0 Å². The van der Waals surface area contributed by atoms with Crippen LogP contribution in [0.5, 0.6) is 0 Å². The molecule has 3 aliphatic rings. The van der Waals surface area contributed by atoms with Gasteiger partial charge in [0.25, 0.3) is 0 Å². The average molecular weight is 343 g/mol. The lowest BCUT2D eigenvalue weighted by atomic mass is 10.00. The summed E-state index contributed by atoms with van der Waals surface area (Å²) in [7, 11) is 0. The Morgan fingerprint density at radius 1 is 1.04 bits per heavy atom. The Kier molecular flexibility index (Phi) is 6.59. The van der Waals surface area contributed by atoms with Crippen LogP contribution in [0.2, 0.25) is 0 Å². The molecule has 3 saturated heterocycles. The van der Waals surface area contributed by atoms with Crippen LogP contribution in [0.3, 0.4) is 0 Å². The zero-order chi connectivity index (χ0) is 16.1. The van der Waals surface area contributed by atoms with Gasteiger partial charge in [0.2, 0.25) is 5.91 Å². The van der Waals surface area contributed by atoms with Crippen molar-refractivity contribution in [2.24, 2.45) is 0 Å². The van der Waals surface area contributed by atoms with E-state index in [1.165, 1.54) is 0 Å². The van der Waals surface area contributed by atoms with Crippen LogP contribution in [0.4, 0.5) is 0 Å². The number of hydrogen-bond acceptors (Lipinski definition) is 6. The Morgan fingerprint density at radius 2 is 1.74 bits per heavy atom. The molecule has 0 aliphatic carbocycles. The minimum absolute atomic E-state index is 0.165. The molecule has 0 aromatic heterocycles. The molecule has 132 valence electrons. The predicted molar refractivity (Wildman–Crippen MR) is 92.0 cm³/mol. The smallest absolute Gasteiger partial charge is 0.232 e. The van der Waals surface area contributed by atoms with E-state index in [9.17, 15) is 4.79 Å². The van der Waals surface area contributed by atoms with E-state index in [1.807, 2.05) is 4.90 Å². The zero-order valence-electron chi connectivity index (χ0n) is 13.9. The van der Waals surface area contributed by atoms with E-state index < -0.39 is 0 Å². The van der Waals surface area contributed by atoms with Gasteiger partial charge in [-0.1, -0.05) is 0 Å². The highest BCUT2D eigenvalue weighted by Gasteiger charge is 2.34. The number of ether oxygens (including phenoxy) is 2. The van der Waals surface area contributed by atoms with Gasteiger partial charge >= 0.3 is 0 Å². The molecule has 0 aromatic carbocycles. The Bertz CT molecular complexity index is 381. The lowest BCUT2D eigenvalue weighted by Gasteiger charge is -2.46. The summed E-state index contributed by atoms with van der Waals surface area (Å²) in [4.78, 5) is 18.9. The van der Waals surface area contributed by atoms with Crippen LogP contribution in [-0.2, 0) is 14.3 Å². The van der Waals surface area contributed by atoms with Gasteiger partial charge in [0, 0.05) is 45.3 Å². The van der Waals surface area contributed by atoms with Crippen molar-refractivity contribution in [3.8, 4) is 0 Å². The largest absolute Gasteiger partial charge is 0.379 e. The van der Waals surface area contributed by atoms with Crippen molar-refractivity contribution in [2.75, 3.05) is 71.4 Å². The molecule has 3 heterocycles. The van der Waals surface area contributed by atoms with E-state index in [1.54, 1.807) is 0 Å². The Morgan fingerprint density at radius 3 is 2.30 bits per heavy atom. The number of piperidine rings is 1. The number of hydrogen-bond donors (Lipinski definition) is 1. The SMILES string of the molecule is O=C(CS)N1CCC(N(CCN2CCOCC2)C2COC2)CC1. The van der Waals surface area contributed by atoms with Gasteiger partial charge in [0.15, 0.2) is 0 Å². The van der Waals surface area contributed by atoms with Crippen molar-refractivity contribution in [1.29, 1.82) is 0 Å². The fourth-order valence-corrected chi connectivity index (χ4v) is 3.91. The lowest BCUT2D eigenvalue weighted by molar-refractivity contribution is -0.131. The maximum Gasteiger partial charge on any atom is 0.232 e. The van der Waals surface area contributed by atoms with Crippen molar-refractivity contribution < 1.29 is 14.3 Å². The standard InChI is InChI=1S/C16H29N3O3S/c20-16(13-23)18-3-1-14(2-4-18)19(15-11-22-12-15)6-5-17-7-9-21-10-8-17/h14-15,23H,1-13H2. The van der Waals surface area contributed by atoms with Crippen LogP contribution in [-0.4, -0.2) is 104 Å². The predicted octanol–water partition coefficient (Wildman–Crippen LogP) is -0.0598. The van der Waals surface area contributed by atoms with Gasteiger partial charge in [-0.25, -0.2) is 0 Å². The van der Waals surface area contributed by atoms with Crippen molar-refractivity contribution in [3.05, 3.63) is 0 Å². The van der Waals surface area contributed by atoms with Gasteiger partial charge in [0.1, 0.15) is 0 Å². The summed E-state index contributed by atoms with van der Waals surface area (Å²) in [6.07, 6.45) is 2.14. The van der Waals surface area contributed by atoms with E-state index in [-0.39, 0.29) is 5.91 Å². The first-order chi connectivity index (χ1) is 11.3. The second-order valence-corrected chi connectivity index (χ2v) is 6.97. The van der Waals surface area contributed by atoms with Crippen molar-refractivity contribution in [1.82, 2.24) is 14.7 Å². The fraction of sp³-hybridized carbons (Fsp3) is 0.938. The van der Waals surface area contributed by atoms with Gasteiger partial charge in [-0.3, -0.25) is 14.6 Å². The Labute approximate surface area is 144 Å². The second kappa shape index (κ2) is 8.67. The number of morpholine rings is 1. The summed E-state index contributed by atoms with van der Waals surface area (Å²) in [5.74, 6) is 0.487. The third-order valence-electron chi connectivity index (χ3n) is 5.29. The van der Waals surface area contributed by atoms with Crippen LogP contribution in [0.15, 0.2) is 0 Å². The second-order valence-electron chi connectivity index (χ2n) is 6.65.